The molecular weight excluding hydrogens is 162 g/mol. The topological polar surface area (TPSA) is 39.2 Å². The van der Waals surface area contributed by atoms with E-state index in [1.807, 2.05) is 19.1 Å². The predicted octanol–water partition coefficient (Wildman–Crippen LogP) is 2.24. The Bertz CT molecular complexity index is 417. The van der Waals surface area contributed by atoms with Gasteiger partial charge in [0.2, 0.25) is 0 Å². The number of rotatable bonds is 2. The standard InChI is InChI=1S/C11H13NO/c1-8-7-10-9(5-6-12)3-2-4-11(10)13-8/h2-4,7H,5-6,12H2,1H3. The van der Waals surface area contributed by atoms with Gasteiger partial charge in [-0.1, -0.05) is 12.1 Å². The minimum atomic E-state index is 0.684. The SMILES string of the molecule is Cc1cc2c(CCN)cccc2o1. The summed E-state index contributed by atoms with van der Waals surface area (Å²) in [6, 6.07) is 8.17. The van der Waals surface area contributed by atoms with Crippen molar-refractivity contribution in [3.63, 3.8) is 0 Å². The molecule has 0 bridgehead atoms. The Morgan fingerprint density at radius 2 is 2.23 bits per heavy atom. The first-order valence-electron chi connectivity index (χ1n) is 4.49. The van der Waals surface area contributed by atoms with Crippen LogP contribution in [0.2, 0.25) is 0 Å². The van der Waals surface area contributed by atoms with Crippen LogP contribution >= 0.6 is 0 Å². The van der Waals surface area contributed by atoms with Crippen LogP contribution in [0.5, 0.6) is 0 Å². The molecule has 0 fully saturated rings. The summed E-state index contributed by atoms with van der Waals surface area (Å²) >= 11 is 0. The molecule has 0 saturated carbocycles. The zero-order valence-electron chi connectivity index (χ0n) is 7.71. The summed E-state index contributed by atoms with van der Waals surface area (Å²) < 4.78 is 5.51. The normalized spacial score (nSPS) is 10.9. The van der Waals surface area contributed by atoms with Crippen molar-refractivity contribution >= 4 is 11.0 Å². The van der Waals surface area contributed by atoms with Gasteiger partial charge in [0.15, 0.2) is 0 Å². The van der Waals surface area contributed by atoms with Gasteiger partial charge in [0.1, 0.15) is 11.3 Å². The van der Waals surface area contributed by atoms with Gasteiger partial charge in [0.05, 0.1) is 0 Å². The lowest BCUT2D eigenvalue weighted by Crippen LogP contribution is -2.02. The highest BCUT2D eigenvalue weighted by atomic mass is 16.3. The molecule has 2 rings (SSSR count). The molecule has 1 aromatic carbocycles. The molecule has 0 radical (unpaired) electrons. The largest absolute Gasteiger partial charge is 0.461 e. The molecule has 2 aromatic rings. The van der Waals surface area contributed by atoms with Crippen molar-refractivity contribution in [2.24, 2.45) is 5.73 Å². The molecule has 0 aliphatic heterocycles. The van der Waals surface area contributed by atoms with Gasteiger partial charge in [0.25, 0.3) is 0 Å². The van der Waals surface area contributed by atoms with Crippen LogP contribution in [0.1, 0.15) is 11.3 Å². The Morgan fingerprint density at radius 1 is 1.38 bits per heavy atom. The number of nitrogens with two attached hydrogens (primary N) is 1. The summed E-state index contributed by atoms with van der Waals surface area (Å²) in [5.41, 5.74) is 7.76. The maximum Gasteiger partial charge on any atom is 0.134 e. The first kappa shape index (κ1) is 8.32. The maximum absolute atomic E-state index is 5.53. The molecule has 1 aromatic heterocycles. The number of benzene rings is 1. The molecule has 2 heteroatoms. The molecule has 2 N–H and O–H groups in total. The third-order valence-corrected chi connectivity index (χ3v) is 2.19. The van der Waals surface area contributed by atoms with Gasteiger partial charge in [-0.15, -0.1) is 0 Å². The molecule has 0 amide bonds. The van der Waals surface area contributed by atoms with Crippen LogP contribution in [0.3, 0.4) is 0 Å². The maximum atomic E-state index is 5.53. The summed E-state index contributed by atoms with van der Waals surface area (Å²) in [6.07, 6.45) is 0.913. The fourth-order valence-corrected chi connectivity index (χ4v) is 1.62. The summed E-state index contributed by atoms with van der Waals surface area (Å²) in [4.78, 5) is 0. The average Bonchev–Trinajstić information content (AvgIpc) is 2.47. The zero-order valence-corrected chi connectivity index (χ0v) is 7.71. The van der Waals surface area contributed by atoms with Gasteiger partial charge in [0, 0.05) is 5.39 Å². The van der Waals surface area contributed by atoms with E-state index in [9.17, 15) is 0 Å². The van der Waals surface area contributed by atoms with Gasteiger partial charge >= 0.3 is 0 Å². The van der Waals surface area contributed by atoms with E-state index in [4.69, 9.17) is 10.2 Å². The molecule has 2 nitrogen and oxygen atoms in total. The molecular formula is C11H13NO. The van der Waals surface area contributed by atoms with Gasteiger partial charge in [-0.05, 0) is 37.6 Å². The van der Waals surface area contributed by atoms with E-state index < -0.39 is 0 Å². The van der Waals surface area contributed by atoms with Crippen LogP contribution in [-0.4, -0.2) is 6.54 Å². The third-order valence-electron chi connectivity index (χ3n) is 2.19. The van der Waals surface area contributed by atoms with Crippen molar-refractivity contribution < 1.29 is 4.42 Å². The highest BCUT2D eigenvalue weighted by molar-refractivity contribution is 5.81. The molecule has 1 heterocycles. The minimum Gasteiger partial charge on any atom is -0.461 e. The van der Waals surface area contributed by atoms with E-state index in [1.165, 1.54) is 10.9 Å². The second-order valence-electron chi connectivity index (χ2n) is 3.22. The Morgan fingerprint density at radius 3 is 3.00 bits per heavy atom. The quantitative estimate of drug-likeness (QED) is 0.760. The summed E-state index contributed by atoms with van der Waals surface area (Å²) in [6.45, 7) is 2.65. The monoisotopic (exact) mass is 175 g/mol. The van der Waals surface area contributed by atoms with Gasteiger partial charge in [-0.3, -0.25) is 0 Å². The second kappa shape index (κ2) is 3.23. The summed E-state index contributed by atoms with van der Waals surface area (Å²) in [5, 5.41) is 1.20. The highest BCUT2D eigenvalue weighted by Gasteiger charge is 2.03. The Hall–Kier alpha value is -1.28. The second-order valence-corrected chi connectivity index (χ2v) is 3.22. The fraction of sp³-hybridized carbons (Fsp3) is 0.273. The van der Waals surface area contributed by atoms with Crippen molar-refractivity contribution in [2.75, 3.05) is 6.54 Å². The van der Waals surface area contributed by atoms with Crippen molar-refractivity contribution in [2.45, 2.75) is 13.3 Å². The highest BCUT2D eigenvalue weighted by Crippen LogP contribution is 2.22. The van der Waals surface area contributed by atoms with Crippen LogP contribution in [0.4, 0.5) is 0 Å². The minimum absolute atomic E-state index is 0.684. The van der Waals surface area contributed by atoms with Gasteiger partial charge in [-0.2, -0.15) is 0 Å². The molecule has 68 valence electrons. The van der Waals surface area contributed by atoms with Crippen LogP contribution in [-0.2, 0) is 6.42 Å². The molecule has 0 unspecified atom stereocenters. The van der Waals surface area contributed by atoms with Gasteiger partial charge < -0.3 is 10.2 Å². The average molecular weight is 175 g/mol. The zero-order chi connectivity index (χ0) is 9.26. The lowest BCUT2D eigenvalue weighted by Gasteiger charge is -1.98. The van der Waals surface area contributed by atoms with Crippen molar-refractivity contribution in [1.82, 2.24) is 0 Å². The number of aryl methyl sites for hydroxylation is 1. The molecule has 0 saturated heterocycles. The van der Waals surface area contributed by atoms with E-state index in [2.05, 4.69) is 12.1 Å². The number of hydrogen-bond acceptors (Lipinski definition) is 2. The van der Waals surface area contributed by atoms with Gasteiger partial charge in [-0.25, -0.2) is 0 Å². The van der Waals surface area contributed by atoms with E-state index in [1.54, 1.807) is 0 Å². The van der Waals surface area contributed by atoms with E-state index in [0.717, 1.165) is 17.8 Å². The lowest BCUT2D eigenvalue weighted by atomic mass is 10.1. The van der Waals surface area contributed by atoms with Crippen LogP contribution in [0.15, 0.2) is 28.7 Å². The lowest BCUT2D eigenvalue weighted by molar-refractivity contribution is 0.578. The molecule has 0 spiro atoms. The first-order valence-corrected chi connectivity index (χ1v) is 4.49. The Balaban J connectivity index is 2.60. The Kier molecular flexibility index (Phi) is 2.07. The summed E-state index contributed by atoms with van der Waals surface area (Å²) in [5.74, 6) is 0.958. The van der Waals surface area contributed by atoms with Crippen LogP contribution < -0.4 is 5.73 Å². The smallest absolute Gasteiger partial charge is 0.134 e. The number of furan rings is 1. The predicted molar refractivity (Wildman–Crippen MR) is 53.7 cm³/mol. The number of fused-ring (bicyclic) bond motifs is 1. The van der Waals surface area contributed by atoms with E-state index >= 15 is 0 Å². The molecule has 0 aliphatic carbocycles. The molecule has 0 aliphatic rings. The molecule has 0 atom stereocenters. The van der Waals surface area contributed by atoms with Crippen LogP contribution in [0, 0.1) is 6.92 Å². The van der Waals surface area contributed by atoms with Crippen molar-refractivity contribution in [3.05, 3.63) is 35.6 Å². The number of hydrogen-bond donors (Lipinski definition) is 1. The first-order chi connectivity index (χ1) is 6.31. The fourth-order valence-electron chi connectivity index (χ4n) is 1.62. The van der Waals surface area contributed by atoms with Crippen LogP contribution in [0.25, 0.3) is 11.0 Å². The van der Waals surface area contributed by atoms with E-state index in [0.29, 0.717) is 6.54 Å². The van der Waals surface area contributed by atoms with E-state index in [-0.39, 0.29) is 0 Å². The Labute approximate surface area is 77.3 Å². The molecule has 13 heavy (non-hydrogen) atoms. The third kappa shape index (κ3) is 1.45. The summed E-state index contributed by atoms with van der Waals surface area (Å²) in [7, 11) is 0. The van der Waals surface area contributed by atoms with Crippen molar-refractivity contribution in [3.8, 4) is 0 Å². The van der Waals surface area contributed by atoms with Crippen molar-refractivity contribution in [1.29, 1.82) is 0 Å².